The number of likely N-dealkylation sites (tertiary alicyclic amines) is 1. The molecule has 0 spiro atoms. The number of rotatable bonds is 2. The number of nitrogens with one attached hydrogen (secondary N) is 1. The smallest absolute Gasteiger partial charge is 0.311 e. The number of ether oxygens (including phenoxy) is 2. The summed E-state index contributed by atoms with van der Waals surface area (Å²) >= 11 is 0. The van der Waals surface area contributed by atoms with Crippen molar-refractivity contribution in [3.63, 3.8) is 0 Å². The van der Waals surface area contributed by atoms with Gasteiger partial charge in [0.1, 0.15) is 5.60 Å². The molecule has 26 heavy (non-hydrogen) atoms. The highest BCUT2D eigenvalue weighted by molar-refractivity contribution is 5.82. The van der Waals surface area contributed by atoms with Crippen LogP contribution in [0.15, 0.2) is 4.99 Å². The average Bonchev–Trinajstić information content (AvgIpc) is 3.04. The maximum absolute atomic E-state index is 12.4. The topological polar surface area (TPSA) is 63.2 Å². The Morgan fingerprint density at radius 2 is 2.04 bits per heavy atom. The van der Waals surface area contributed by atoms with E-state index in [2.05, 4.69) is 29.1 Å². The highest BCUT2D eigenvalue weighted by Crippen LogP contribution is 2.51. The highest BCUT2D eigenvalue weighted by atomic mass is 16.6. The van der Waals surface area contributed by atoms with Crippen molar-refractivity contribution in [2.75, 3.05) is 26.7 Å². The van der Waals surface area contributed by atoms with E-state index in [-0.39, 0.29) is 17.3 Å². The SMILES string of the molecule is CN=C(NC1C2CCCOC2C1(C)C)N1CCC(C(=O)OC(C)(C)C)C1. The number of esters is 1. The molecule has 2 aliphatic heterocycles. The van der Waals surface area contributed by atoms with Gasteiger partial charge in [0.05, 0.1) is 12.0 Å². The van der Waals surface area contributed by atoms with Crippen molar-refractivity contribution in [2.24, 2.45) is 22.2 Å². The Labute approximate surface area is 157 Å². The fraction of sp³-hybridized carbons (Fsp3) is 0.900. The van der Waals surface area contributed by atoms with Crippen molar-refractivity contribution in [2.45, 2.75) is 71.6 Å². The van der Waals surface area contributed by atoms with E-state index in [9.17, 15) is 4.79 Å². The summed E-state index contributed by atoms with van der Waals surface area (Å²) in [5.41, 5.74) is -0.332. The summed E-state index contributed by atoms with van der Waals surface area (Å²) in [6, 6.07) is 0.368. The summed E-state index contributed by atoms with van der Waals surface area (Å²) in [5, 5.41) is 3.69. The number of aliphatic imine (C=N–C) groups is 1. The molecule has 148 valence electrons. The maximum atomic E-state index is 12.4. The number of hydrogen-bond acceptors (Lipinski definition) is 4. The molecule has 1 aliphatic carbocycles. The van der Waals surface area contributed by atoms with Gasteiger partial charge in [-0.2, -0.15) is 0 Å². The molecule has 3 rings (SSSR count). The monoisotopic (exact) mass is 365 g/mol. The molecule has 0 aromatic rings. The van der Waals surface area contributed by atoms with Crippen LogP contribution in [0.3, 0.4) is 0 Å². The van der Waals surface area contributed by atoms with E-state index >= 15 is 0 Å². The van der Waals surface area contributed by atoms with E-state index in [0.29, 0.717) is 24.6 Å². The fourth-order valence-corrected chi connectivity index (χ4v) is 4.78. The average molecular weight is 366 g/mol. The third kappa shape index (κ3) is 3.71. The molecule has 3 aliphatic rings. The number of fused-ring (bicyclic) bond motifs is 1. The van der Waals surface area contributed by atoms with Crippen molar-refractivity contribution < 1.29 is 14.3 Å². The Bertz CT molecular complexity index is 567. The van der Waals surface area contributed by atoms with Crippen LogP contribution in [-0.2, 0) is 14.3 Å². The summed E-state index contributed by atoms with van der Waals surface area (Å²) in [4.78, 5) is 19.1. The second kappa shape index (κ2) is 7.02. The van der Waals surface area contributed by atoms with Gasteiger partial charge in [0, 0.05) is 44.1 Å². The largest absolute Gasteiger partial charge is 0.460 e. The van der Waals surface area contributed by atoms with Crippen molar-refractivity contribution in [3.05, 3.63) is 0 Å². The van der Waals surface area contributed by atoms with Crippen LogP contribution in [0.4, 0.5) is 0 Å². The first-order valence-electron chi connectivity index (χ1n) is 9.96. The van der Waals surface area contributed by atoms with Gasteiger partial charge in [-0.3, -0.25) is 9.79 Å². The zero-order valence-corrected chi connectivity index (χ0v) is 17.2. The Balaban J connectivity index is 1.59. The Morgan fingerprint density at radius 1 is 1.31 bits per heavy atom. The highest BCUT2D eigenvalue weighted by Gasteiger charge is 2.58. The molecule has 3 fully saturated rings. The molecule has 4 unspecified atom stereocenters. The third-order valence-electron chi connectivity index (χ3n) is 6.06. The quantitative estimate of drug-likeness (QED) is 0.463. The molecule has 0 radical (unpaired) electrons. The molecule has 2 saturated heterocycles. The van der Waals surface area contributed by atoms with Gasteiger partial charge in [-0.15, -0.1) is 0 Å². The summed E-state index contributed by atoms with van der Waals surface area (Å²) in [6.45, 7) is 12.7. The van der Waals surface area contributed by atoms with E-state index in [0.717, 1.165) is 32.0 Å². The van der Waals surface area contributed by atoms with Gasteiger partial charge < -0.3 is 19.7 Å². The van der Waals surface area contributed by atoms with E-state index in [4.69, 9.17) is 9.47 Å². The number of guanidine groups is 1. The van der Waals surface area contributed by atoms with Gasteiger partial charge in [0.2, 0.25) is 0 Å². The zero-order chi connectivity index (χ0) is 19.1. The van der Waals surface area contributed by atoms with Crippen LogP contribution in [0.1, 0.15) is 53.9 Å². The molecule has 2 heterocycles. The Hall–Kier alpha value is -1.30. The van der Waals surface area contributed by atoms with E-state index < -0.39 is 5.60 Å². The number of hydrogen-bond donors (Lipinski definition) is 1. The van der Waals surface area contributed by atoms with Crippen LogP contribution in [0.25, 0.3) is 0 Å². The van der Waals surface area contributed by atoms with Gasteiger partial charge in [-0.05, 0) is 40.0 Å². The van der Waals surface area contributed by atoms with Crippen LogP contribution >= 0.6 is 0 Å². The minimum absolute atomic E-state index is 0.0760. The summed E-state index contributed by atoms with van der Waals surface area (Å²) in [6.07, 6.45) is 3.51. The molecule has 4 atom stereocenters. The normalized spacial score (nSPS) is 34.1. The molecule has 0 aromatic heterocycles. The standard InChI is InChI=1S/C20H35N3O3/c1-19(2,3)26-17(24)13-9-10-23(12-13)18(21-6)22-15-14-8-7-11-25-16(14)20(15,4)5/h13-16H,7-12H2,1-6H3,(H,21,22). The lowest BCUT2D eigenvalue weighted by Crippen LogP contribution is -2.71. The molecule has 6 heteroatoms. The maximum Gasteiger partial charge on any atom is 0.311 e. The Morgan fingerprint density at radius 3 is 2.69 bits per heavy atom. The second-order valence-corrected chi connectivity index (χ2v) is 9.55. The molecule has 6 nitrogen and oxygen atoms in total. The first kappa shape index (κ1) is 19.5. The van der Waals surface area contributed by atoms with E-state index in [1.807, 2.05) is 27.8 Å². The fourth-order valence-electron chi connectivity index (χ4n) is 4.78. The molecule has 1 saturated carbocycles. The van der Waals surface area contributed by atoms with Crippen molar-refractivity contribution in [1.29, 1.82) is 0 Å². The summed E-state index contributed by atoms with van der Waals surface area (Å²) in [7, 11) is 1.82. The predicted molar refractivity (Wildman–Crippen MR) is 102 cm³/mol. The van der Waals surface area contributed by atoms with Crippen LogP contribution in [0, 0.1) is 17.3 Å². The number of nitrogens with zero attached hydrogens (tertiary/aromatic N) is 2. The lowest BCUT2D eigenvalue weighted by molar-refractivity contribution is -0.188. The lowest BCUT2D eigenvalue weighted by atomic mass is 9.55. The summed E-state index contributed by atoms with van der Waals surface area (Å²) in [5.74, 6) is 1.28. The van der Waals surface area contributed by atoms with E-state index in [1.165, 1.54) is 6.42 Å². The lowest BCUT2D eigenvalue weighted by Gasteiger charge is -2.60. The summed E-state index contributed by atoms with van der Waals surface area (Å²) < 4.78 is 11.6. The van der Waals surface area contributed by atoms with Crippen LogP contribution < -0.4 is 5.32 Å². The van der Waals surface area contributed by atoms with E-state index in [1.54, 1.807) is 0 Å². The zero-order valence-electron chi connectivity index (χ0n) is 17.2. The molecule has 0 bridgehead atoms. The van der Waals surface area contributed by atoms with Gasteiger partial charge >= 0.3 is 5.97 Å². The molecule has 0 aromatic carbocycles. The van der Waals surface area contributed by atoms with Crippen LogP contribution in [0.5, 0.6) is 0 Å². The number of carbonyl (C=O) groups is 1. The molecule has 1 N–H and O–H groups in total. The minimum atomic E-state index is -0.434. The third-order valence-corrected chi connectivity index (χ3v) is 6.06. The van der Waals surface area contributed by atoms with Crippen molar-refractivity contribution in [3.8, 4) is 0 Å². The predicted octanol–water partition coefficient (Wildman–Crippen LogP) is 2.43. The van der Waals surface area contributed by atoms with Gasteiger partial charge in [0.25, 0.3) is 0 Å². The molecule has 0 amide bonds. The Kier molecular flexibility index (Phi) is 5.26. The van der Waals surface area contributed by atoms with Gasteiger partial charge in [0.15, 0.2) is 5.96 Å². The van der Waals surface area contributed by atoms with Crippen molar-refractivity contribution in [1.82, 2.24) is 10.2 Å². The van der Waals surface area contributed by atoms with Crippen LogP contribution in [0.2, 0.25) is 0 Å². The van der Waals surface area contributed by atoms with Crippen LogP contribution in [-0.4, -0.2) is 61.3 Å². The molecular weight excluding hydrogens is 330 g/mol. The minimum Gasteiger partial charge on any atom is -0.460 e. The van der Waals surface area contributed by atoms with Gasteiger partial charge in [-0.1, -0.05) is 13.8 Å². The first-order chi connectivity index (χ1) is 12.1. The van der Waals surface area contributed by atoms with Crippen molar-refractivity contribution >= 4 is 11.9 Å². The molecular formula is C20H35N3O3. The first-order valence-corrected chi connectivity index (χ1v) is 9.96. The second-order valence-electron chi connectivity index (χ2n) is 9.55. The van der Waals surface area contributed by atoms with Gasteiger partial charge in [-0.25, -0.2) is 0 Å². The number of carbonyl (C=O) groups excluding carboxylic acids is 1.